The third-order valence-corrected chi connectivity index (χ3v) is 10.4. The number of nitrogens with zero attached hydrogens (tertiary/aromatic N) is 2. The fourth-order valence-electron chi connectivity index (χ4n) is 8.03. The van der Waals surface area contributed by atoms with E-state index in [9.17, 15) is 5.26 Å². The van der Waals surface area contributed by atoms with Crippen molar-refractivity contribution >= 4 is 5.71 Å². The Morgan fingerprint density at radius 3 is 1.65 bits per heavy atom. The van der Waals surface area contributed by atoms with Crippen LogP contribution in [-0.4, -0.2) is 11.9 Å². The van der Waals surface area contributed by atoms with Gasteiger partial charge in [0.15, 0.2) is 0 Å². The van der Waals surface area contributed by atoms with Crippen LogP contribution in [0.2, 0.25) is 0 Å². The van der Waals surface area contributed by atoms with Crippen LogP contribution in [0.5, 0.6) is 11.5 Å². The molecule has 0 saturated carbocycles. The Balaban J connectivity index is 1.25. The molecule has 0 amide bonds. The van der Waals surface area contributed by atoms with Gasteiger partial charge in [0.1, 0.15) is 17.7 Å². The highest BCUT2D eigenvalue weighted by atomic mass is 16.5. The van der Waals surface area contributed by atoms with Crippen molar-refractivity contribution < 1.29 is 4.74 Å². The normalized spacial score (nSPS) is 16.4. The van der Waals surface area contributed by atoms with Gasteiger partial charge in [0.25, 0.3) is 0 Å². The molecule has 9 rings (SSSR count). The largest absolute Gasteiger partial charge is 0.457 e. The first-order valence-electron chi connectivity index (χ1n) is 16.8. The molecule has 1 atom stereocenters. The molecule has 0 radical (unpaired) electrons. The molecule has 0 saturated heterocycles. The van der Waals surface area contributed by atoms with Crippen molar-refractivity contribution in [2.24, 2.45) is 4.99 Å². The van der Waals surface area contributed by atoms with Gasteiger partial charge in [-0.25, -0.2) is 0 Å². The number of hydrogen-bond donors (Lipinski definition) is 1. The summed E-state index contributed by atoms with van der Waals surface area (Å²) >= 11 is 0. The molecule has 1 unspecified atom stereocenters. The van der Waals surface area contributed by atoms with Crippen LogP contribution in [0.15, 0.2) is 150 Å². The minimum atomic E-state index is -0.589. The lowest BCUT2D eigenvalue weighted by Crippen LogP contribution is -2.32. The summed E-state index contributed by atoms with van der Waals surface area (Å²) in [7, 11) is 0. The molecule has 2 aliphatic heterocycles. The highest BCUT2D eigenvalue weighted by Crippen LogP contribution is 2.62. The van der Waals surface area contributed by atoms with E-state index in [4.69, 9.17) is 9.73 Å². The Kier molecular flexibility index (Phi) is 6.47. The predicted molar refractivity (Wildman–Crippen MR) is 197 cm³/mol. The number of benzene rings is 6. The third-order valence-electron chi connectivity index (χ3n) is 10.4. The molecular formula is C45H33N3O. The summed E-state index contributed by atoms with van der Waals surface area (Å²) in [6.45, 7) is 6.34. The molecule has 1 spiro atoms. The van der Waals surface area contributed by atoms with Gasteiger partial charge in [-0.3, -0.25) is 4.99 Å². The molecule has 6 aromatic carbocycles. The summed E-state index contributed by atoms with van der Waals surface area (Å²) < 4.78 is 6.59. The monoisotopic (exact) mass is 631 g/mol. The lowest BCUT2D eigenvalue weighted by molar-refractivity contribution is 0.436. The first kappa shape index (κ1) is 29.0. The number of fused-ring (bicyclic) bond motifs is 9. The van der Waals surface area contributed by atoms with Gasteiger partial charge < -0.3 is 10.1 Å². The number of rotatable bonds is 3. The zero-order valence-electron chi connectivity index (χ0n) is 27.6. The first-order chi connectivity index (χ1) is 23.9. The van der Waals surface area contributed by atoms with Crippen LogP contribution < -0.4 is 10.1 Å². The van der Waals surface area contributed by atoms with Crippen molar-refractivity contribution in [3.8, 4) is 50.9 Å². The molecular weight excluding hydrogens is 599 g/mol. The quantitative estimate of drug-likeness (QED) is 0.211. The number of nitriles is 1. The maximum absolute atomic E-state index is 9.41. The van der Waals surface area contributed by atoms with E-state index in [0.717, 1.165) is 56.2 Å². The van der Waals surface area contributed by atoms with E-state index < -0.39 is 5.41 Å². The van der Waals surface area contributed by atoms with Gasteiger partial charge in [-0.05, 0) is 107 Å². The summed E-state index contributed by atoms with van der Waals surface area (Å²) in [4.78, 5) is 4.92. The number of allylic oxidation sites excluding steroid dienone is 2. The van der Waals surface area contributed by atoms with Gasteiger partial charge in [0, 0.05) is 22.4 Å². The van der Waals surface area contributed by atoms with E-state index >= 15 is 0 Å². The van der Waals surface area contributed by atoms with Crippen molar-refractivity contribution in [3.63, 3.8) is 0 Å². The summed E-state index contributed by atoms with van der Waals surface area (Å²) in [6, 6.07) is 49.6. The topological polar surface area (TPSA) is 57.4 Å². The van der Waals surface area contributed by atoms with Crippen molar-refractivity contribution in [2.75, 3.05) is 0 Å². The average molecular weight is 632 g/mol. The number of aliphatic imine (C=N–C) groups is 1. The summed E-state index contributed by atoms with van der Waals surface area (Å²) in [6.07, 6.45) is 0.0514. The van der Waals surface area contributed by atoms with Crippen LogP contribution in [0, 0.1) is 11.3 Å². The zero-order chi connectivity index (χ0) is 33.3. The standard InChI is InChI=1S/C45H33N3O/c1-27-28(2)47-29(3)48-44(27)33-18-16-32(17-19-33)35-21-23-37-36-22-20-34(31-14-12-30(26-46)13-15-31)24-40(36)45(41(37)25-35)38-8-4-6-10-42(38)49-43-11-7-5-9-39(43)45/h4-25,29,47H,1-3H3. The zero-order valence-corrected chi connectivity index (χ0v) is 27.6. The third kappa shape index (κ3) is 4.33. The second-order valence-corrected chi connectivity index (χ2v) is 13.2. The van der Waals surface area contributed by atoms with Gasteiger partial charge in [-0.15, -0.1) is 0 Å². The highest BCUT2D eigenvalue weighted by molar-refractivity contribution is 6.13. The fraction of sp³-hybridized carbons (Fsp3) is 0.111. The highest BCUT2D eigenvalue weighted by Gasteiger charge is 2.51. The maximum Gasteiger partial charge on any atom is 0.132 e. The van der Waals surface area contributed by atoms with Gasteiger partial charge in [0.05, 0.1) is 22.8 Å². The van der Waals surface area contributed by atoms with E-state index in [1.165, 1.54) is 33.5 Å². The molecule has 3 aliphatic rings. The van der Waals surface area contributed by atoms with Gasteiger partial charge in [-0.1, -0.05) is 97.1 Å². The summed E-state index contributed by atoms with van der Waals surface area (Å²) in [5.41, 5.74) is 16.3. The molecule has 2 heterocycles. The molecule has 49 heavy (non-hydrogen) atoms. The lowest BCUT2D eigenvalue weighted by atomic mass is 9.65. The van der Waals surface area contributed by atoms with Crippen LogP contribution in [0.4, 0.5) is 0 Å². The Bertz CT molecular complexity index is 2380. The molecule has 4 heteroatoms. The molecule has 6 aromatic rings. The molecule has 234 valence electrons. The van der Waals surface area contributed by atoms with Crippen molar-refractivity contribution in [1.82, 2.24) is 5.32 Å². The second-order valence-electron chi connectivity index (χ2n) is 13.2. The van der Waals surface area contributed by atoms with Crippen LogP contribution in [0.1, 0.15) is 54.2 Å². The van der Waals surface area contributed by atoms with E-state index in [0.29, 0.717) is 5.56 Å². The lowest BCUT2D eigenvalue weighted by Gasteiger charge is -2.39. The molecule has 0 fully saturated rings. The maximum atomic E-state index is 9.41. The molecule has 0 aromatic heterocycles. The van der Waals surface area contributed by atoms with E-state index in [1.54, 1.807) is 0 Å². The minimum absolute atomic E-state index is 0.0514. The smallest absolute Gasteiger partial charge is 0.132 e. The Hall–Kier alpha value is -6.18. The number of hydrogen-bond acceptors (Lipinski definition) is 4. The molecule has 1 aliphatic carbocycles. The Morgan fingerprint density at radius 2 is 1.10 bits per heavy atom. The fourth-order valence-corrected chi connectivity index (χ4v) is 8.03. The molecule has 1 N–H and O–H groups in total. The Labute approximate surface area is 286 Å². The average Bonchev–Trinajstić information content (AvgIpc) is 3.42. The summed E-state index contributed by atoms with van der Waals surface area (Å²) in [5, 5.41) is 12.8. The van der Waals surface area contributed by atoms with E-state index in [1.807, 2.05) is 36.4 Å². The van der Waals surface area contributed by atoms with Crippen molar-refractivity contribution in [2.45, 2.75) is 32.4 Å². The van der Waals surface area contributed by atoms with Gasteiger partial charge in [0.2, 0.25) is 0 Å². The number of para-hydroxylation sites is 2. The Morgan fingerprint density at radius 1 is 0.612 bits per heavy atom. The summed E-state index contributed by atoms with van der Waals surface area (Å²) in [5.74, 6) is 1.74. The minimum Gasteiger partial charge on any atom is -0.457 e. The second kappa shape index (κ2) is 10.9. The van der Waals surface area contributed by atoms with Crippen molar-refractivity contribution in [3.05, 3.63) is 178 Å². The van der Waals surface area contributed by atoms with Crippen LogP contribution in [-0.2, 0) is 5.41 Å². The molecule has 4 nitrogen and oxygen atoms in total. The van der Waals surface area contributed by atoms with Gasteiger partial charge in [-0.2, -0.15) is 5.26 Å². The first-order valence-corrected chi connectivity index (χ1v) is 16.8. The van der Waals surface area contributed by atoms with Crippen LogP contribution >= 0.6 is 0 Å². The molecule has 0 bridgehead atoms. The van der Waals surface area contributed by atoms with E-state index in [2.05, 4.69) is 129 Å². The van der Waals surface area contributed by atoms with Crippen LogP contribution in [0.3, 0.4) is 0 Å². The number of nitrogens with one attached hydrogen (secondary N) is 1. The number of ether oxygens (including phenoxy) is 1. The van der Waals surface area contributed by atoms with Crippen molar-refractivity contribution in [1.29, 1.82) is 5.26 Å². The predicted octanol–water partition coefficient (Wildman–Crippen LogP) is 10.4. The SMILES string of the molecule is CC1=C(C)C(c2ccc(-c3ccc4c(c3)C3(c5ccccc5Oc5ccccc53)c3cc(-c5ccc(C#N)cc5)ccc3-4)cc2)=NC(C)N1. The van der Waals surface area contributed by atoms with Gasteiger partial charge >= 0.3 is 0 Å². The van der Waals surface area contributed by atoms with Crippen LogP contribution in [0.25, 0.3) is 33.4 Å². The van der Waals surface area contributed by atoms with E-state index in [-0.39, 0.29) is 6.17 Å².